The first-order chi connectivity index (χ1) is 8.68. The molecule has 3 aromatic rings. The van der Waals surface area contributed by atoms with E-state index in [0.29, 0.717) is 0 Å². The van der Waals surface area contributed by atoms with Crippen LogP contribution in [0.2, 0.25) is 0 Å². The highest BCUT2D eigenvalue weighted by Gasteiger charge is 2.27. The van der Waals surface area contributed by atoms with Crippen LogP contribution in [0.25, 0.3) is 10.9 Å². The van der Waals surface area contributed by atoms with Crippen molar-refractivity contribution in [3.63, 3.8) is 0 Å². The van der Waals surface area contributed by atoms with Gasteiger partial charge in [0.05, 0.1) is 5.69 Å². The minimum atomic E-state index is -1.04. The standard InChI is InChI=1S/C15H14N2O/c1-15(18,12-6-8-16-9-7-12)14-10-11-4-2-3-5-13(11)17-14/h2-10,17-18H,1H3. The molecule has 0 radical (unpaired) electrons. The van der Waals surface area contributed by atoms with E-state index in [0.717, 1.165) is 22.2 Å². The summed E-state index contributed by atoms with van der Waals surface area (Å²) in [6.45, 7) is 1.78. The van der Waals surface area contributed by atoms with Gasteiger partial charge in [-0.15, -0.1) is 0 Å². The van der Waals surface area contributed by atoms with E-state index in [1.54, 1.807) is 19.3 Å². The van der Waals surface area contributed by atoms with Crippen LogP contribution in [0, 0.1) is 0 Å². The Bertz CT molecular complexity index is 638. The second-order valence-corrected chi connectivity index (χ2v) is 4.58. The van der Waals surface area contributed by atoms with Gasteiger partial charge in [0, 0.05) is 17.9 Å². The van der Waals surface area contributed by atoms with E-state index >= 15 is 0 Å². The molecule has 0 aliphatic rings. The molecule has 0 aliphatic carbocycles. The number of fused-ring (bicyclic) bond motifs is 1. The van der Waals surface area contributed by atoms with Crippen LogP contribution in [0.5, 0.6) is 0 Å². The Hall–Kier alpha value is -2.13. The summed E-state index contributed by atoms with van der Waals surface area (Å²) in [7, 11) is 0. The van der Waals surface area contributed by atoms with Crippen molar-refractivity contribution in [3.8, 4) is 0 Å². The Labute approximate surface area is 105 Å². The molecular weight excluding hydrogens is 224 g/mol. The summed E-state index contributed by atoms with van der Waals surface area (Å²) in [6.07, 6.45) is 3.37. The van der Waals surface area contributed by atoms with Crippen LogP contribution >= 0.6 is 0 Å². The van der Waals surface area contributed by atoms with Gasteiger partial charge in [-0.2, -0.15) is 0 Å². The average molecular weight is 238 g/mol. The van der Waals surface area contributed by atoms with E-state index in [2.05, 4.69) is 9.97 Å². The van der Waals surface area contributed by atoms with Crippen molar-refractivity contribution in [1.29, 1.82) is 0 Å². The van der Waals surface area contributed by atoms with Crippen LogP contribution in [-0.4, -0.2) is 15.1 Å². The highest BCUT2D eigenvalue weighted by atomic mass is 16.3. The molecule has 3 nitrogen and oxygen atoms in total. The molecule has 1 unspecified atom stereocenters. The van der Waals surface area contributed by atoms with Gasteiger partial charge in [-0.3, -0.25) is 4.98 Å². The number of H-pyrrole nitrogens is 1. The molecule has 0 aliphatic heterocycles. The molecule has 0 bridgehead atoms. The van der Waals surface area contributed by atoms with Crippen LogP contribution in [0.1, 0.15) is 18.2 Å². The summed E-state index contributed by atoms with van der Waals surface area (Å²) < 4.78 is 0. The van der Waals surface area contributed by atoms with Crippen molar-refractivity contribution >= 4 is 10.9 Å². The first-order valence-electron chi connectivity index (χ1n) is 5.89. The van der Waals surface area contributed by atoms with Crippen molar-refractivity contribution < 1.29 is 5.11 Å². The Morgan fingerprint density at radius 1 is 1.11 bits per heavy atom. The van der Waals surface area contributed by atoms with Crippen molar-refractivity contribution in [2.24, 2.45) is 0 Å². The number of pyridine rings is 1. The maximum atomic E-state index is 10.7. The molecule has 2 heterocycles. The third-order valence-corrected chi connectivity index (χ3v) is 3.30. The second-order valence-electron chi connectivity index (χ2n) is 4.58. The molecule has 18 heavy (non-hydrogen) atoms. The molecule has 0 spiro atoms. The van der Waals surface area contributed by atoms with E-state index in [4.69, 9.17) is 0 Å². The summed E-state index contributed by atoms with van der Waals surface area (Å²) in [5, 5.41) is 11.8. The summed E-state index contributed by atoms with van der Waals surface area (Å²) in [4.78, 5) is 7.24. The van der Waals surface area contributed by atoms with Gasteiger partial charge in [-0.1, -0.05) is 18.2 Å². The third kappa shape index (κ3) is 1.69. The summed E-state index contributed by atoms with van der Waals surface area (Å²) >= 11 is 0. The van der Waals surface area contributed by atoms with Gasteiger partial charge in [-0.25, -0.2) is 0 Å². The fraction of sp³-hybridized carbons (Fsp3) is 0.133. The Balaban J connectivity index is 2.13. The van der Waals surface area contributed by atoms with E-state index in [1.807, 2.05) is 42.5 Å². The van der Waals surface area contributed by atoms with E-state index in [9.17, 15) is 5.11 Å². The third-order valence-electron chi connectivity index (χ3n) is 3.30. The average Bonchev–Trinajstić information content (AvgIpc) is 2.84. The van der Waals surface area contributed by atoms with Crippen LogP contribution < -0.4 is 0 Å². The maximum absolute atomic E-state index is 10.7. The van der Waals surface area contributed by atoms with Crippen LogP contribution in [0.3, 0.4) is 0 Å². The number of aromatic amines is 1. The quantitative estimate of drug-likeness (QED) is 0.721. The lowest BCUT2D eigenvalue weighted by atomic mass is 9.93. The predicted octanol–water partition coefficient (Wildman–Crippen LogP) is 2.82. The molecule has 0 saturated carbocycles. The van der Waals surface area contributed by atoms with Crippen molar-refractivity contribution in [2.75, 3.05) is 0 Å². The van der Waals surface area contributed by atoms with Gasteiger partial charge in [0.1, 0.15) is 5.60 Å². The molecule has 0 saturated heterocycles. The molecule has 3 rings (SSSR count). The molecule has 0 fully saturated rings. The number of nitrogens with zero attached hydrogens (tertiary/aromatic N) is 1. The molecular formula is C15H14N2O. The molecule has 1 aromatic carbocycles. The number of nitrogens with one attached hydrogen (secondary N) is 1. The lowest BCUT2D eigenvalue weighted by Gasteiger charge is -2.22. The summed E-state index contributed by atoms with van der Waals surface area (Å²) in [5.74, 6) is 0. The lowest BCUT2D eigenvalue weighted by Crippen LogP contribution is -2.23. The largest absolute Gasteiger partial charge is 0.379 e. The summed E-state index contributed by atoms with van der Waals surface area (Å²) in [5.41, 5.74) is 1.60. The normalized spacial score (nSPS) is 14.6. The minimum Gasteiger partial charge on any atom is -0.379 e. The number of hydrogen-bond donors (Lipinski definition) is 2. The summed E-state index contributed by atoms with van der Waals surface area (Å²) in [6, 6.07) is 13.6. The Morgan fingerprint density at radius 2 is 1.83 bits per heavy atom. The Morgan fingerprint density at radius 3 is 2.56 bits per heavy atom. The SMILES string of the molecule is CC(O)(c1ccncc1)c1cc2ccccc2[nH]1. The number of rotatable bonds is 2. The van der Waals surface area contributed by atoms with Crippen molar-refractivity contribution in [3.05, 3.63) is 66.1 Å². The predicted molar refractivity (Wildman–Crippen MR) is 71.2 cm³/mol. The van der Waals surface area contributed by atoms with Crippen molar-refractivity contribution in [2.45, 2.75) is 12.5 Å². The van der Waals surface area contributed by atoms with Crippen molar-refractivity contribution in [1.82, 2.24) is 9.97 Å². The molecule has 2 aromatic heterocycles. The number of benzene rings is 1. The molecule has 2 N–H and O–H groups in total. The fourth-order valence-corrected chi connectivity index (χ4v) is 2.17. The number of para-hydroxylation sites is 1. The van der Waals surface area contributed by atoms with Crippen LogP contribution in [0.4, 0.5) is 0 Å². The molecule has 1 atom stereocenters. The highest BCUT2D eigenvalue weighted by Crippen LogP contribution is 2.30. The smallest absolute Gasteiger partial charge is 0.127 e. The topological polar surface area (TPSA) is 48.9 Å². The van der Waals surface area contributed by atoms with Crippen LogP contribution in [-0.2, 0) is 5.60 Å². The fourth-order valence-electron chi connectivity index (χ4n) is 2.17. The number of aliphatic hydroxyl groups is 1. The zero-order valence-corrected chi connectivity index (χ0v) is 10.1. The number of aromatic nitrogens is 2. The first-order valence-corrected chi connectivity index (χ1v) is 5.89. The number of hydrogen-bond acceptors (Lipinski definition) is 2. The highest BCUT2D eigenvalue weighted by molar-refractivity contribution is 5.80. The van der Waals surface area contributed by atoms with Gasteiger partial charge in [0.2, 0.25) is 0 Å². The van der Waals surface area contributed by atoms with Crippen LogP contribution in [0.15, 0.2) is 54.9 Å². The van der Waals surface area contributed by atoms with Gasteiger partial charge in [0.25, 0.3) is 0 Å². The van der Waals surface area contributed by atoms with Gasteiger partial charge in [-0.05, 0) is 42.1 Å². The van der Waals surface area contributed by atoms with Gasteiger partial charge >= 0.3 is 0 Å². The second kappa shape index (κ2) is 3.96. The van der Waals surface area contributed by atoms with E-state index in [-0.39, 0.29) is 0 Å². The van der Waals surface area contributed by atoms with E-state index < -0.39 is 5.60 Å². The molecule has 90 valence electrons. The monoisotopic (exact) mass is 238 g/mol. The molecule has 3 heteroatoms. The van der Waals surface area contributed by atoms with E-state index in [1.165, 1.54) is 0 Å². The zero-order valence-electron chi connectivity index (χ0n) is 10.1. The van der Waals surface area contributed by atoms with Gasteiger partial charge < -0.3 is 10.1 Å². The maximum Gasteiger partial charge on any atom is 0.127 e. The minimum absolute atomic E-state index is 0.787. The lowest BCUT2D eigenvalue weighted by molar-refractivity contribution is 0.0981. The first kappa shape index (κ1) is 11.0. The Kier molecular flexibility index (Phi) is 2.42. The van der Waals surface area contributed by atoms with Gasteiger partial charge in [0.15, 0.2) is 0 Å². The molecule has 0 amide bonds. The zero-order chi connectivity index (χ0) is 12.6.